The van der Waals surface area contributed by atoms with Crippen molar-refractivity contribution in [1.29, 1.82) is 0 Å². The van der Waals surface area contributed by atoms with Gasteiger partial charge in [-0.25, -0.2) is 9.89 Å². The molecule has 1 heterocycles. The van der Waals surface area contributed by atoms with E-state index in [0.29, 0.717) is 5.75 Å². The number of thioether (sulfide) groups is 1. The van der Waals surface area contributed by atoms with Crippen LogP contribution in [0.15, 0.2) is 27.3 Å². The molecule has 0 aliphatic heterocycles. The number of aromatic nitrogens is 3. The summed E-state index contributed by atoms with van der Waals surface area (Å²) in [5.74, 6) is 0.585. The molecule has 0 atom stereocenters. The molecule has 0 radical (unpaired) electrons. The number of hydrogen-bond acceptors (Lipinski definition) is 4. The Bertz CT molecular complexity index is 381. The van der Waals surface area contributed by atoms with E-state index in [1.807, 2.05) is 0 Å². The molecule has 0 saturated heterocycles. The first-order chi connectivity index (χ1) is 5.74. The van der Waals surface area contributed by atoms with Gasteiger partial charge < -0.3 is 0 Å². The van der Waals surface area contributed by atoms with Crippen LogP contribution in [0.25, 0.3) is 0 Å². The molecule has 0 aliphatic carbocycles. The third-order valence-corrected chi connectivity index (χ3v) is 1.97. The van der Waals surface area contributed by atoms with Gasteiger partial charge in [-0.2, -0.15) is 5.10 Å². The molecule has 64 valence electrons. The highest BCUT2D eigenvalue weighted by Crippen LogP contribution is 2.06. The fourth-order valence-corrected chi connectivity index (χ4v) is 1.14. The van der Waals surface area contributed by atoms with Crippen molar-refractivity contribution < 1.29 is 0 Å². The van der Waals surface area contributed by atoms with Crippen molar-refractivity contribution in [3.63, 3.8) is 0 Å². The summed E-state index contributed by atoms with van der Waals surface area (Å²) in [6, 6.07) is 0. The summed E-state index contributed by atoms with van der Waals surface area (Å²) in [4.78, 5) is 23.5. The molecule has 2 N–H and O–H groups in total. The molecular weight excluding hydrogens is 178 g/mol. The molecule has 12 heavy (non-hydrogen) atoms. The van der Waals surface area contributed by atoms with E-state index in [1.165, 1.54) is 11.8 Å². The highest BCUT2D eigenvalue weighted by molar-refractivity contribution is 7.99. The lowest BCUT2D eigenvalue weighted by Crippen LogP contribution is -2.24. The highest BCUT2D eigenvalue weighted by atomic mass is 32.2. The monoisotopic (exact) mass is 185 g/mol. The summed E-state index contributed by atoms with van der Waals surface area (Å²) in [5, 5.41) is 5.93. The van der Waals surface area contributed by atoms with E-state index in [1.54, 1.807) is 6.08 Å². The van der Waals surface area contributed by atoms with Crippen molar-refractivity contribution in [3.05, 3.63) is 33.5 Å². The number of hydrogen-bond donors (Lipinski definition) is 2. The first-order valence-electron chi connectivity index (χ1n) is 3.16. The summed E-state index contributed by atoms with van der Waals surface area (Å²) in [6.45, 7) is 3.49. The number of nitrogens with zero attached hydrogens (tertiary/aromatic N) is 1. The largest absolute Gasteiger partial charge is 0.342 e. The zero-order valence-electron chi connectivity index (χ0n) is 6.16. The molecule has 0 spiro atoms. The van der Waals surface area contributed by atoms with Crippen LogP contribution in [0.4, 0.5) is 0 Å². The molecule has 0 fully saturated rings. The SMILES string of the molecule is C=CCSc1n[nH]c(=O)[nH]c1=O. The van der Waals surface area contributed by atoms with Gasteiger partial charge in [-0.1, -0.05) is 17.8 Å². The topological polar surface area (TPSA) is 78.6 Å². The lowest BCUT2D eigenvalue weighted by atomic mass is 10.8. The molecule has 1 aromatic rings. The maximum atomic E-state index is 11.0. The van der Waals surface area contributed by atoms with Crippen LogP contribution in [0.3, 0.4) is 0 Å². The summed E-state index contributed by atoms with van der Waals surface area (Å²) in [5.41, 5.74) is -1.06. The number of nitrogens with one attached hydrogen (secondary N) is 2. The molecule has 0 saturated carbocycles. The van der Waals surface area contributed by atoms with Crippen molar-refractivity contribution >= 4 is 11.8 Å². The third kappa shape index (κ3) is 2.09. The zero-order chi connectivity index (χ0) is 8.97. The van der Waals surface area contributed by atoms with Crippen LogP contribution in [-0.2, 0) is 0 Å². The van der Waals surface area contributed by atoms with Crippen molar-refractivity contribution in [1.82, 2.24) is 15.2 Å². The second-order valence-corrected chi connectivity index (χ2v) is 2.92. The standard InChI is InChI=1S/C6H7N3O2S/c1-2-3-12-5-4(10)7-6(11)9-8-5/h2H,1,3H2,(H2,7,9,10,11). The van der Waals surface area contributed by atoms with Crippen LogP contribution in [0.5, 0.6) is 0 Å². The second-order valence-electron chi connectivity index (χ2n) is 1.91. The van der Waals surface area contributed by atoms with Crippen LogP contribution in [-0.4, -0.2) is 20.9 Å². The fraction of sp³-hybridized carbons (Fsp3) is 0.167. The molecular formula is C6H7N3O2S. The lowest BCUT2D eigenvalue weighted by Gasteiger charge is -1.92. The molecule has 5 nitrogen and oxygen atoms in total. The van der Waals surface area contributed by atoms with E-state index < -0.39 is 11.2 Å². The highest BCUT2D eigenvalue weighted by Gasteiger charge is 1.99. The molecule has 1 aromatic heterocycles. The first kappa shape index (κ1) is 8.79. The van der Waals surface area contributed by atoms with Crippen LogP contribution >= 0.6 is 11.8 Å². The molecule has 1 rings (SSSR count). The first-order valence-corrected chi connectivity index (χ1v) is 4.15. The van der Waals surface area contributed by atoms with E-state index in [0.717, 1.165) is 0 Å². The molecule has 0 amide bonds. The predicted octanol–water partition coefficient (Wildman–Crippen LogP) is -0.264. The molecule has 0 bridgehead atoms. The maximum Gasteiger partial charge on any atom is 0.342 e. The van der Waals surface area contributed by atoms with E-state index in [4.69, 9.17) is 0 Å². The Hall–Kier alpha value is -1.30. The maximum absolute atomic E-state index is 11.0. The van der Waals surface area contributed by atoms with Gasteiger partial charge in [0.2, 0.25) is 0 Å². The van der Waals surface area contributed by atoms with Crippen molar-refractivity contribution in [3.8, 4) is 0 Å². The predicted molar refractivity (Wildman–Crippen MR) is 46.4 cm³/mol. The minimum atomic E-state index is -0.594. The van der Waals surface area contributed by atoms with Crippen molar-refractivity contribution in [2.45, 2.75) is 5.03 Å². The Morgan fingerprint density at radius 3 is 2.92 bits per heavy atom. The Balaban J connectivity index is 2.94. The van der Waals surface area contributed by atoms with Gasteiger partial charge in [0.15, 0.2) is 5.03 Å². The van der Waals surface area contributed by atoms with E-state index in [9.17, 15) is 9.59 Å². The normalized spacial score (nSPS) is 9.67. The average Bonchev–Trinajstić information content (AvgIpc) is 2.03. The van der Waals surface area contributed by atoms with Crippen LogP contribution in [0.2, 0.25) is 0 Å². The molecule has 0 unspecified atom stereocenters. The molecule has 0 aromatic carbocycles. The Labute approximate surface area is 71.9 Å². The summed E-state index contributed by atoms with van der Waals surface area (Å²) >= 11 is 1.21. The molecule has 0 aliphatic rings. The van der Waals surface area contributed by atoms with Gasteiger partial charge in [-0.05, 0) is 0 Å². The summed E-state index contributed by atoms with van der Waals surface area (Å²) in [6.07, 6.45) is 1.65. The van der Waals surface area contributed by atoms with Crippen LogP contribution in [0.1, 0.15) is 0 Å². The molecule has 6 heteroatoms. The van der Waals surface area contributed by atoms with Gasteiger partial charge >= 0.3 is 5.69 Å². The van der Waals surface area contributed by atoms with Crippen molar-refractivity contribution in [2.75, 3.05) is 5.75 Å². The van der Waals surface area contributed by atoms with E-state index >= 15 is 0 Å². The minimum absolute atomic E-state index is 0.245. The summed E-state index contributed by atoms with van der Waals surface area (Å²) < 4.78 is 0. The van der Waals surface area contributed by atoms with Gasteiger partial charge in [0.1, 0.15) is 0 Å². The number of rotatable bonds is 3. The van der Waals surface area contributed by atoms with Crippen LogP contribution < -0.4 is 11.2 Å². The van der Waals surface area contributed by atoms with Crippen molar-refractivity contribution in [2.24, 2.45) is 0 Å². The van der Waals surface area contributed by atoms with Gasteiger partial charge in [-0.15, -0.1) is 6.58 Å². The van der Waals surface area contributed by atoms with Gasteiger partial charge in [0.05, 0.1) is 0 Å². The smallest absolute Gasteiger partial charge is 0.271 e. The fourth-order valence-electron chi connectivity index (χ4n) is 0.573. The van der Waals surface area contributed by atoms with Crippen LogP contribution in [0, 0.1) is 0 Å². The van der Waals surface area contributed by atoms with Gasteiger partial charge in [0.25, 0.3) is 5.56 Å². The zero-order valence-corrected chi connectivity index (χ0v) is 6.98. The number of H-pyrrole nitrogens is 2. The van der Waals surface area contributed by atoms with Gasteiger partial charge in [-0.3, -0.25) is 9.78 Å². The minimum Gasteiger partial charge on any atom is -0.271 e. The Kier molecular flexibility index (Phi) is 2.87. The van der Waals surface area contributed by atoms with E-state index in [2.05, 4.69) is 21.8 Å². The summed E-state index contributed by atoms with van der Waals surface area (Å²) in [7, 11) is 0. The Morgan fingerprint density at radius 1 is 1.58 bits per heavy atom. The van der Waals surface area contributed by atoms with Gasteiger partial charge in [0, 0.05) is 5.75 Å². The Morgan fingerprint density at radius 2 is 2.33 bits per heavy atom. The third-order valence-electron chi connectivity index (χ3n) is 1.02. The quantitative estimate of drug-likeness (QED) is 0.502. The lowest BCUT2D eigenvalue weighted by molar-refractivity contribution is 0.807. The van der Waals surface area contributed by atoms with E-state index in [-0.39, 0.29) is 5.03 Å². The number of aromatic amines is 2. The second kappa shape index (κ2) is 3.91. The average molecular weight is 185 g/mol.